The van der Waals surface area contributed by atoms with Gasteiger partial charge >= 0.3 is 0 Å². The maximum absolute atomic E-state index is 12.0. The summed E-state index contributed by atoms with van der Waals surface area (Å²) < 4.78 is 0. The average molecular weight is 386 g/mol. The average Bonchev–Trinajstić information content (AvgIpc) is 2.69. The van der Waals surface area contributed by atoms with Crippen molar-refractivity contribution >= 4 is 17.6 Å². The van der Waals surface area contributed by atoms with Gasteiger partial charge in [0, 0.05) is 43.2 Å². The van der Waals surface area contributed by atoms with Gasteiger partial charge in [-0.25, -0.2) is 0 Å². The summed E-state index contributed by atoms with van der Waals surface area (Å²) >= 11 is 0. The topological polar surface area (TPSA) is 68.8 Å². The zero-order chi connectivity index (χ0) is 19.9. The molecule has 154 valence electrons. The third-order valence-electron chi connectivity index (χ3n) is 5.90. The maximum Gasteiger partial charge on any atom is 0.225 e. The molecule has 1 fully saturated rings. The molecular formula is C22H35N5O. The highest BCUT2D eigenvalue weighted by Gasteiger charge is 2.25. The van der Waals surface area contributed by atoms with Crippen molar-refractivity contribution in [3.8, 4) is 0 Å². The number of nitrogens with zero attached hydrogens (tertiary/aromatic N) is 2. The maximum atomic E-state index is 12.0. The van der Waals surface area contributed by atoms with Gasteiger partial charge in [0.25, 0.3) is 0 Å². The third-order valence-corrected chi connectivity index (χ3v) is 5.90. The van der Waals surface area contributed by atoms with Crippen molar-refractivity contribution in [2.45, 2.75) is 64.5 Å². The Morgan fingerprint density at radius 3 is 2.93 bits per heavy atom. The number of likely N-dealkylation sites (tertiary alicyclic amines) is 1. The zero-order valence-corrected chi connectivity index (χ0v) is 17.5. The molecule has 0 aromatic heterocycles. The third kappa shape index (κ3) is 5.25. The van der Waals surface area contributed by atoms with Gasteiger partial charge in [-0.3, -0.25) is 14.7 Å². The van der Waals surface area contributed by atoms with Gasteiger partial charge in [0.15, 0.2) is 5.96 Å². The minimum Gasteiger partial charge on any atom is -0.357 e. The molecule has 2 heterocycles. The van der Waals surface area contributed by atoms with E-state index in [0.29, 0.717) is 25.0 Å². The Labute approximate surface area is 169 Å². The fourth-order valence-electron chi connectivity index (χ4n) is 4.35. The summed E-state index contributed by atoms with van der Waals surface area (Å²) in [5.74, 6) is 1.08. The van der Waals surface area contributed by atoms with Crippen LogP contribution in [0.25, 0.3) is 0 Å². The molecular weight excluding hydrogens is 350 g/mol. The fourth-order valence-corrected chi connectivity index (χ4v) is 4.35. The molecule has 3 unspecified atom stereocenters. The second-order valence-corrected chi connectivity index (χ2v) is 8.07. The molecule has 28 heavy (non-hydrogen) atoms. The van der Waals surface area contributed by atoms with Crippen molar-refractivity contribution in [1.29, 1.82) is 0 Å². The SMILES string of the molecule is CCNC(=NCC(C)N1CCCCC1C)NCC1CC(=O)Nc2ccccc21. The Balaban J connectivity index is 1.60. The van der Waals surface area contributed by atoms with Gasteiger partial charge in [-0.2, -0.15) is 0 Å². The number of nitrogens with one attached hydrogen (secondary N) is 3. The molecule has 1 aromatic rings. The summed E-state index contributed by atoms with van der Waals surface area (Å²) in [7, 11) is 0. The van der Waals surface area contributed by atoms with E-state index >= 15 is 0 Å². The van der Waals surface area contributed by atoms with E-state index in [1.165, 1.54) is 31.4 Å². The van der Waals surface area contributed by atoms with Gasteiger partial charge in [0.1, 0.15) is 0 Å². The number of rotatable bonds is 6. The Kier molecular flexibility index (Phi) is 7.31. The van der Waals surface area contributed by atoms with E-state index < -0.39 is 0 Å². The molecule has 2 aliphatic rings. The first-order valence-electron chi connectivity index (χ1n) is 10.7. The molecule has 1 aromatic carbocycles. The van der Waals surface area contributed by atoms with Crippen LogP contribution in [0.5, 0.6) is 0 Å². The quantitative estimate of drug-likeness (QED) is 0.520. The van der Waals surface area contributed by atoms with E-state index in [4.69, 9.17) is 4.99 Å². The standard InChI is InChI=1S/C22H35N5O/c1-4-23-22(24-14-17(3)27-12-8-7-9-16(27)2)25-15-18-13-21(28)26-20-11-6-5-10-19(18)20/h5-6,10-11,16-18H,4,7-9,12-15H2,1-3H3,(H,26,28)(H2,23,24,25). The molecule has 2 aliphatic heterocycles. The largest absolute Gasteiger partial charge is 0.357 e. The summed E-state index contributed by atoms with van der Waals surface area (Å²) in [6, 6.07) is 9.15. The fraction of sp³-hybridized carbons (Fsp3) is 0.636. The van der Waals surface area contributed by atoms with Crippen LogP contribution >= 0.6 is 0 Å². The van der Waals surface area contributed by atoms with Crippen molar-refractivity contribution in [3.63, 3.8) is 0 Å². The van der Waals surface area contributed by atoms with E-state index in [2.05, 4.69) is 47.7 Å². The molecule has 0 spiro atoms. The van der Waals surface area contributed by atoms with Crippen LogP contribution in [-0.2, 0) is 4.79 Å². The highest BCUT2D eigenvalue weighted by atomic mass is 16.1. The summed E-state index contributed by atoms with van der Waals surface area (Å²) in [4.78, 5) is 19.5. The van der Waals surface area contributed by atoms with E-state index in [1.54, 1.807) is 0 Å². The Hall–Kier alpha value is -2.08. The predicted octanol–water partition coefficient (Wildman–Crippen LogP) is 2.93. The Bertz CT molecular complexity index is 689. The minimum atomic E-state index is 0.0835. The van der Waals surface area contributed by atoms with Crippen LogP contribution in [0.1, 0.15) is 57.9 Å². The predicted molar refractivity (Wildman–Crippen MR) is 116 cm³/mol. The van der Waals surface area contributed by atoms with Gasteiger partial charge in [-0.15, -0.1) is 0 Å². The smallest absolute Gasteiger partial charge is 0.225 e. The number of anilines is 1. The van der Waals surface area contributed by atoms with Crippen LogP contribution in [0.2, 0.25) is 0 Å². The van der Waals surface area contributed by atoms with Gasteiger partial charge in [0.2, 0.25) is 5.91 Å². The van der Waals surface area contributed by atoms with E-state index in [0.717, 1.165) is 24.7 Å². The summed E-state index contributed by atoms with van der Waals surface area (Å²) in [5.41, 5.74) is 2.13. The number of hydrogen-bond acceptors (Lipinski definition) is 3. The number of piperidine rings is 1. The van der Waals surface area contributed by atoms with Crippen LogP contribution in [0.4, 0.5) is 5.69 Å². The van der Waals surface area contributed by atoms with Crippen molar-refractivity contribution < 1.29 is 4.79 Å². The lowest BCUT2D eigenvalue weighted by molar-refractivity contribution is -0.116. The number of fused-ring (bicyclic) bond motifs is 1. The molecule has 1 amide bonds. The number of guanidine groups is 1. The summed E-state index contributed by atoms with van der Waals surface area (Å²) in [5, 5.41) is 9.77. The number of para-hydroxylation sites is 1. The van der Waals surface area contributed by atoms with Gasteiger partial charge in [-0.05, 0) is 51.8 Å². The van der Waals surface area contributed by atoms with Crippen LogP contribution in [0.3, 0.4) is 0 Å². The van der Waals surface area contributed by atoms with Gasteiger partial charge in [0.05, 0.1) is 6.54 Å². The lowest BCUT2D eigenvalue weighted by Gasteiger charge is -2.37. The van der Waals surface area contributed by atoms with Crippen LogP contribution in [0.15, 0.2) is 29.3 Å². The number of amides is 1. The highest BCUT2D eigenvalue weighted by Crippen LogP contribution is 2.31. The molecule has 0 radical (unpaired) electrons. The Morgan fingerprint density at radius 2 is 2.14 bits per heavy atom. The molecule has 1 saturated heterocycles. The molecule has 3 atom stereocenters. The first-order valence-corrected chi connectivity index (χ1v) is 10.7. The van der Waals surface area contributed by atoms with Gasteiger partial charge < -0.3 is 16.0 Å². The van der Waals surface area contributed by atoms with Gasteiger partial charge in [-0.1, -0.05) is 24.6 Å². The second-order valence-electron chi connectivity index (χ2n) is 8.07. The normalized spacial score (nSPS) is 24.2. The van der Waals surface area contributed by atoms with Crippen molar-refractivity contribution in [3.05, 3.63) is 29.8 Å². The van der Waals surface area contributed by atoms with Crippen LogP contribution < -0.4 is 16.0 Å². The lowest BCUT2D eigenvalue weighted by Crippen LogP contribution is -2.46. The molecule has 6 heteroatoms. The lowest BCUT2D eigenvalue weighted by atomic mass is 9.90. The molecule has 6 nitrogen and oxygen atoms in total. The van der Waals surface area contributed by atoms with Crippen LogP contribution in [0, 0.1) is 0 Å². The minimum absolute atomic E-state index is 0.0835. The zero-order valence-electron chi connectivity index (χ0n) is 17.5. The molecule has 3 rings (SSSR count). The number of carbonyl (C=O) groups is 1. The number of hydrogen-bond donors (Lipinski definition) is 3. The van der Waals surface area contributed by atoms with Crippen LogP contribution in [-0.4, -0.2) is 55.0 Å². The molecule has 0 saturated carbocycles. The van der Waals surface area contributed by atoms with Crippen molar-refractivity contribution in [2.24, 2.45) is 4.99 Å². The number of carbonyl (C=O) groups excluding carboxylic acids is 1. The van der Waals surface area contributed by atoms with E-state index in [-0.39, 0.29) is 11.8 Å². The summed E-state index contributed by atoms with van der Waals surface area (Å²) in [6.45, 7) is 10.2. The number of benzene rings is 1. The monoisotopic (exact) mass is 385 g/mol. The van der Waals surface area contributed by atoms with Crippen molar-refractivity contribution in [2.75, 3.05) is 31.5 Å². The molecule has 3 N–H and O–H groups in total. The van der Waals surface area contributed by atoms with E-state index in [1.807, 2.05) is 18.2 Å². The van der Waals surface area contributed by atoms with Crippen molar-refractivity contribution in [1.82, 2.24) is 15.5 Å². The Morgan fingerprint density at radius 1 is 1.32 bits per heavy atom. The highest BCUT2D eigenvalue weighted by molar-refractivity contribution is 5.94. The summed E-state index contributed by atoms with van der Waals surface area (Å²) in [6.07, 6.45) is 4.43. The van der Waals surface area contributed by atoms with E-state index in [9.17, 15) is 4.79 Å². The number of aliphatic imine (C=N–C) groups is 1. The first kappa shape index (κ1) is 20.6. The first-order chi connectivity index (χ1) is 13.6. The molecule has 0 aliphatic carbocycles. The molecule has 0 bridgehead atoms. The second kappa shape index (κ2) is 9.92.